The molecule has 1 aromatic carbocycles. The minimum atomic E-state index is -3.25. The molecule has 0 aliphatic heterocycles. The highest BCUT2D eigenvalue weighted by Crippen LogP contribution is 2.12. The molecule has 1 heterocycles. The molecule has 8 heteroatoms. The first-order chi connectivity index (χ1) is 11.2. The summed E-state index contributed by atoms with van der Waals surface area (Å²) in [6, 6.07) is 9.35. The lowest BCUT2D eigenvalue weighted by Crippen LogP contribution is -2.15. The van der Waals surface area contributed by atoms with Crippen molar-refractivity contribution in [3.05, 3.63) is 48.2 Å². The van der Waals surface area contributed by atoms with E-state index in [9.17, 15) is 18.0 Å². The van der Waals surface area contributed by atoms with Crippen LogP contribution in [-0.2, 0) is 25.8 Å². The zero-order valence-corrected chi connectivity index (χ0v) is 14.1. The Balaban J connectivity index is 1.96. The van der Waals surface area contributed by atoms with Gasteiger partial charge in [0.1, 0.15) is 5.82 Å². The summed E-state index contributed by atoms with van der Waals surface area (Å²) in [5, 5.41) is 5.21. The van der Waals surface area contributed by atoms with Crippen LogP contribution >= 0.6 is 0 Å². The van der Waals surface area contributed by atoms with Crippen LogP contribution < -0.4 is 10.6 Å². The van der Waals surface area contributed by atoms with E-state index < -0.39 is 9.84 Å². The summed E-state index contributed by atoms with van der Waals surface area (Å²) in [6.45, 7) is 1.39. The second-order valence-corrected chi connectivity index (χ2v) is 7.27. The standard InChI is InChI=1S/C16H17N3O4S/c1-11(20)18-13-5-8-15(17-10-13)19-16(21)9-12-3-6-14(7-4-12)24(2,22)23/h3-8,10H,9H2,1-2H3,(H,18,20)(H,17,19,21). The molecule has 1 aromatic heterocycles. The fourth-order valence-corrected chi connectivity index (χ4v) is 2.60. The van der Waals surface area contributed by atoms with Gasteiger partial charge < -0.3 is 10.6 Å². The number of benzene rings is 1. The Morgan fingerprint density at radius 1 is 1.04 bits per heavy atom. The Hall–Kier alpha value is -2.74. The fraction of sp³-hybridized carbons (Fsp3) is 0.188. The minimum absolute atomic E-state index is 0.0964. The highest BCUT2D eigenvalue weighted by atomic mass is 32.2. The van der Waals surface area contributed by atoms with Crippen molar-refractivity contribution in [2.45, 2.75) is 18.2 Å². The van der Waals surface area contributed by atoms with E-state index in [1.54, 1.807) is 24.3 Å². The Morgan fingerprint density at radius 2 is 1.71 bits per heavy atom. The Bertz CT molecular complexity index is 844. The SMILES string of the molecule is CC(=O)Nc1ccc(NC(=O)Cc2ccc(S(C)(=O)=O)cc2)nc1. The maximum absolute atomic E-state index is 12.0. The molecule has 0 fully saturated rings. The summed E-state index contributed by atoms with van der Waals surface area (Å²) in [4.78, 5) is 27.1. The molecule has 0 spiro atoms. The minimum Gasteiger partial charge on any atom is -0.325 e. The van der Waals surface area contributed by atoms with E-state index in [2.05, 4.69) is 15.6 Å². The molecular formula is C16H17N3O4S. The normalized spacial score (nSPS) is 10.9. The third-order valence-electron chi connectivity index (χ3n) is 3.07. The maximum atomic E-state index is 12.0. The Kier molecular flexibility index (Phi) is 5.30. The van der Waals surface area contributed by atoms with E-state index in [4.69, 9.17) is 0 Å². The van der Waals surface area contributed by atoms with Crippen molar-refractivity contribution >= 4 is 33.2 Å². The van der Waals surface area contributed by atoms with Gasteiger partial charge in [0.2, 0.25) is 11.8 Å². The number of hydrogen-bond donors (Lipinski definition) is 2. The lowest BCUT2D eigenvalue weighted by Gasteiger charge is -2.06. The van der Waals surface area contributed by atoms with Crippen molar-refractivity contribution in [2.24, 2.45) is 0 Å². The molecule has 0 atom stereocenters. The highest BCUT2D eigenvalue weighted by molar-refractivity contribution is 7.90. The monoisotopic (exact) mass is 347 g/mol. The Morgan fingerprint density at radius 3 is 2.21 bits per heavy atom. The molecule has 7 nitrogen and oxygen atoms in total. The van der Waals surface area contributed by atoms with Crippen LogP contribution in [0.1, 0.15) is 12.5 Å². The molecule has 0 radical (unpaired) electrons. The zero-order chi connectivity index (χ0) is 17.7. The first-order valence-corrected chi connectivity index (χ1v) is 8.96. The molecule has 0 saturated carbocycles. The van der Waals surface area contributed by atoms with E-state index >= 15 is 0 Å². The van der Waals surface area contributed by atoms with Crippen LogP contribution in [0.15, 0.2) is 47.5 Å². The molecule has 2 aromatic rings. The van der Waals surface area contributed by atoms with Crippen molar-refractivity contribution in [3.8, 4) is 0 Å². The lowest BCUT2D eigenvalue weighted by molar-refractivity contribution is -0.116. The smallest absolute Gasteiger partial charge is 0.229 e. The van der Waals surface area contributed by atoms with Crippen LogP contribution in [-0.4, -0.2) is 31.5 Å². The number of rotatable bonds is 5. The predicted octanol–water partition coefficient (Wildman–Crippen LogP) is 1.62. The van der Waals surface area contributed by atoms with Gasteiger partial charge in [0, 0.05) is 13.2 Å². The van der Waals surface area contributed by atoms with Gasteiger partial charge in [-0.2, -0.15) is 0 Å². The average Bonchev–Trinajstić information content (AvgIpc) is 2.48. The van der Waals surface area contributed by atoms with E-state index in [0.29, 0.717) is 17.1 Å². The highest BCUT2D eigenvalue weighted by Gasteiger charge is 2.09. The van der Waals surface area contributed by atoms with E-state index in [1.807, 2.05) is 0 Å². The van der Waals surface area contributed by atoms with Gasteiger partial charge in [-0.15, -0.1) is 0 Å². The number of carbonyl (C=O) groups excluding carboxylic acids is 2. The molecule has 0 aliphatic rings. The fourth-order valence-electron chi connectivity index (χ4n) is 1.97. The average molecular weight is 347 g/mol. The number of nitrogens with zero attached hydrogens (tertiary/aromatic N) is 1. The molecule has 2 amide bonds. The van der Waals surface area contributed by atoms with Crippen LogP contribution in [0.5, 0.6) is 0 Å². The zero-order valence-electron chi connectivity index (χ0n) is 13.2. The molecular weight excluding hydrogens is 330 g/mol. The quantitative estimate of drug-likeness (QED) is 0.855. The number of anilines is 2. The number of amides is 2. The molecule has 0 bridgehead atoms. The van der Waals surface area contributed by atoms with Crippen LogP contribution in [0.25, 0.3) is 0 Å². The molecule has 0 saturated heterocycles. The van der Waals surface area contributed by atoms with Crippen molar-refractivity contribution in [3.63, 3.8) is 0 Å². The summed E-state index contributed by atoms with van der Waals surface area (Å²) < 4.78 is 22.8. The first-order valence-electron chi connectivity index (χ1n) is 7.06. The van der Waals surface area contributed by atoms with E-state index in [0.717, 1.165) is 6.26 Å². The number of pyridine rings is 1. The third kappa shape index (κ3) is 5.17. The van der Waals surface area contributed by atoms with Crippen molar-refractivity contribution < 1.29 is 18.0 Å². The van der Waals surface area contributed by atoms with Crippen LogP contribution in [0.3, 0.4) is 0 Å². The molecule has 0 aliphatic carbocycles. The molecule has 2 N–H and O–H groups in total. The van der Waals surface area contributed by atoms with Crippen molar-refractivity contribution in [1.29, 1.82) is 0 Å². The van der Waals surface area contributed by atoms with Gasteiger partial charge in [0.15, 0.2) is 9.84 Å². The number of sulfone groups is 1. The van der Waals surface area contributed by atoms with Crippen LogP contribution in [0, 0.1) is 0 Å². The first kappa shape index (κ1) is 17.6. The van der Waals surface area contributed by atoms with Gasteiger partial charge in [-0.05, 0) is 29.8 Å². The summed E-state index contributed by atoms with van der Waals surface area (Å²) >= 11 is 0. The number of hydrogen-bond acceptors (Lipinski definition) is 5. The van der Waals surface area contributed by atoms with Gasteiger partial charge in [0.05, 0.1) is 23.2 Å². The summed E-state index contributed by atoms with van der Waals surface area (Å²) in [5.74, 6) is -0.116. The van der Waals surface area contributed by atoms with E-state index in [-0.39, 0.29) is 23.1 Å². The number of nitrogens with one attached hydrogen (secondary N) is 2. The summed E-state index contributed by atoms with van der Waals surface area (Å²) in [6.07, 6.45) is 2.67. The molecule has 2 rings (SSSR count). The topological polar surface area (TPSA) is 105 Å². The Labute approximate surface area is 140 Å². The maximum Gasteiger partial charge on any atom is 0.229 e. The third-order valence-corrected chi connectivity index (χ3v) is 4.20. The lowest BCUT2D eigenvalue weighted by atomic mass is 10.1. The summed E-state index contributed by atoms with van der Waals surface area (Å²) in [7, 11) is -3.25. The second kappa shape index (κ2) is 7.22. The van der Waals surface area contributed by atoms with Crippen LogP contribution in [0.4, 0.5) is 11.5 Å². The van der Waals surface area contributed by atoms with Crippen molar-refractivity contribution in [2.75, 3.05) is 16.9 Å². The van der Waals surface area contributed by atoms with Gasteiger partial charge in [0.25, 0.3) is 0 Å². The van der Waals surface area contributed by atoms with Gasteiger partial charge in [-0.1, -0.05) is 12.1 Å². The van der Waals surface area contributed by atoms with Crippen LogP contribution in [0.2, 0.25) is 0 Å². The summed E-state index contributed by atoms with van der Waals surface area (Å²) in [5.41, 5.74) is 1.23. The molecule has 24 heavy (non-hydrogen) atoms. The van der Waals surface area contributed by atoms with Gasteiger partial charge in [-0.3, -0.25) is 9.59 Å². The molecule has 0 unspecified atom stereocenters. The second-order valence-electron chi connectivity index (χ2n) is 5.25. The number of carbonyl (C=O) groups is 2. The van der Waals surface area contributed by atoms with E-state index in [1.165, 1.54) is 25.3 Å². The predicted molar refractivity (Wildman–Crippen MR) is 90.4 cm³/mol. The van der Waals surface area contributed by atoms with Crippen molar-refractivity contribution in [1.82, 2.24) is 4.98 Å². The van der Waals surface area contributed by atoms with Gasteiger partial charge in [-0.25, -0.2) is 13.4 Å². The number of aromatic nitrogens is 1. The van der Waals surface area contributed by atoms with Gasteiger partial charge >= 0.3 is 0 Å². The largest absolute Gasteiger partial charge is 0.325 e. The molecule has 126 valence electrons.